The van der Waals surface area contributed by atoms with Crippen LogP contribution < -0.4 is 10.0 Å². The van der Waals surface area contributed by atoms with Crippen LogP contribution in [-0.4, -0.2) is 56.6 Å². The summed E-state index contributed by atoms with van der Waals surface area (Å²) in [7, 11) is -1.92. The normalized spacial score (nSPS) is 17.8. The lowest BCUT2D eigenvalue weighted by molar-refractivity contribution is -0.252. The fourth-order valence-corrected chi connectivity index (χ4v) is 7.92. The minimum Gasteiger partial charge on any atom is -0.392 e. The van der Waals surface area contributed by atoms with Crippen LogP contribution in [0, 0.1) is 6.92 Å². The summed E-state index contributed by atoms with van der Waals surface area (Å²) in [6.45, 7) is 7.40. The number of likely N-dealkylation sites (N-methyl/N-ethyl adjacent to an activating group) is 1. The van der Waals surface area contributed by atoms with Gasteiger partial charge in [-0.3, -0.25) is 4.79 Å². The van der Waals surface area contributed by atoms with Crippen LogP contribution in [0.2, 0.25) is 0 Å². The Hall–Kier alpha value is -4.94. The minimum absolute atomic E-state index is 0.0162. The second-order valence-electron chi connectivity index (χ2n) is 14.1. The van der Waals surface area contributed by atoms with Crippen LogP contribution in [0.1, 0.15) is 52.2 Å². The number of amides is 1. The zero-order chi connectivity index (χ0) is 38.8. The van der Waals surface area contributed by atoms with Crippen molar-refractivity contribution in [2.75, 3.05) is 20.1 Å². The summed E-state index contributed by atoms with van der Waals surface area (Å²) >= 11 is 0. The van der Waals surface area contributed by atoms with Gasteiger partial charge < -0.3 is 24.8 Å². The number of hydrogen-bond acceptors (Lipinski definition) is 7. The van der Waals surface area contributed by atoms with Gasteiger partial charge in [-0.15, -0.1) is 6.58 Å². The van der Waals surface area contributed by atoms with Gasteiger partial charge >= 0.3 is 0 Å². The van der Waals surface area contributed by atoms with E-state index in [4.69, 9.17) is 9.47 Å². The molecule has 1 fully saturated rings. The van der Waals surface area contributed by atoms with Crippen molar-refractivity contribution in [1.82, 2.24) is 14.9 Å². The molecule has 5 aromatic rings. The average Bonchev–Trinajstić information content (AvgIpc) is 3.20. The third kappa shape index (κ3) is 10.9. The van der Waals surface area contributed by atoms with Crippen LogP contribution in [0.25, 0.3) is 11.1 Å². The van der Waals surface area contributed by atoms with Crippen LogP contribution in [0.4, 0.5) is 0 Å². The summed E-state index contributed by atoms with van der Waals surface area (Å²) in [5.74, 6) is -0.424. The van der Waals surface area contributed by atoms with Crippen molar-refractivity contribution in [2.45, 2.75) is 62.4 Å². The van der Waals surface area contributed by atoms with Crippen molar-refractivity contribution in [3.8, 4) is 11.1 Å². The van der Waals surface area contributed by atoms with Gasteiger partial charge in [-0.1, -0.05) is 115 Å². The first-order valence-corrected chi connectivity index (χ1v) is 20.0. The second-order valence-corrected chi connectivity index (χ2v) is 15.8. The number of nitrogens with zero attached hydrogens (tertiary/aromatic N) is 1. The molecule has 5 aromatic carbocycles. The number of carbonyl (C=O) groups is 1. The Kier molecular flexibility index (Phi) is 13.4. The van der Waals surface area contributed by atoms with Crippen molar-refractivity contribution in [3.63, 3.8) is 0 Å². The molecule has 0 saturated carbocycles. The smallest absolute Gasteiger partial charge is 0.241 e. The van der Waals surface area contributed by atoms with Crippen molar-refractivity contribution < 1.29 is 27.8 Å². The van der Waals surface area contributed by atoms with Gasteiger partial charge in [0.1, 0.15) is 6.04 Å². The maximum atomic E-state index is 13.7. The average molecular weight is 760 g/mol. The van der Waals surface area contributed by atoms with E-state index < -0.39 is 28.3 Å². The molecule has 0 aliphatic carbocycles. The molecule has 0 radical (unpaired) electrons. The lowest BCUT2D eigenvalue weighted by Crippen LogP contribution is -2.47. The molecule has 4 atom stereocenters. The van der Waals surface area contributed by atoms with Gasteiger partial charge in [0.15, 0.2) is 6.29 Å². The van der Waals surface area contributed by atoms with E-state index in [1.165, 1.54) is 0 Å². The van der Waals surface area contributed by atoms with E-state index in [-0.39, 0.29) is 36.7 Å². The van der Waals surface area contributed by atoms with E-state index in [0.29, 0.717) is 13.0 Å². The standard InChI is InChI=1S/C45H49N3O6S/c1-4-24-48(3)30-40-28-43(36-20-18-34(31-49)19-21-36)54-45(53-40)39-15-9-14-38(27-39)37-13-8-12-35(25-37)29-46-44(50)42(26-33-10-6-5-7-11-33)47-55(51,52)41-22-16-32(2)17-23-41/h4-23,25,27,40,42-43,45,47,49H,1,24,26,28-31H2,2-3H3,(H,46,50)/t40-,42+,43+,45+/m0/s1. The molecule has 0 spiro atoms. The molecule has 0 bridgehead atoms. The van der Waals surface area contributed by atoms with Crippen LogP contribution in [-0.2, 0) is 43.9 Å². The number of rotatable bonds is 16. The molecule has 3 N–H and O–H groups in total. The number of benzene rings is 5. The Morgan fingerprint density at radius 2 is 1.55 bits per heavy atom. The van der Waals surface area contributed by atoms with Gasteiger partial charge in [-0.05, 0) is 78.0 Å². The molecule has 1 aliphatic heterocycles. The molecule has 9 nitrogen and oxygen atoms in total. The number of nitrogens with one attached hydrogen (secondary N) is 2. The molecule has 1 aliphatic rings. The number of aliphatic hydroxyl groups is 1. The van der Waals surface area contributed by atoms with Crippen molar-refractivity contribution in [3.05, 3.63) is 173 Å². The molecule has 6 rings (SSSR count). The summed E-state index contributed by atoms with van der Waals surface area (Å²) in [5.41, 5.74) is 7.30. The van der Waals surface area contributed by atoms with Crippen molar-refractivity contribution >= 4 is 15.9 Å². The number of carbonyl (C=O) groups excluding carboxylic acids is 1. The molecular weight excluding hydrogens is 711 g/mol. The topological polar surface area (TPSA) is 117 Å². The quantitative estimate of drug-likeness (QED) is 0.0927. The maximum Gasteiger partial charge on any atom is 0.241 e. The summed E-state index contributed by atoms with van der Waals surface area (Å²) < 4.78 is 42.5. The first-order chi connectivity index (χ1) is 26.6. The molecule has 1 saturated heterocycles. The summed E-state index contributed by atoms with van der Waals surface area (Å²) in [6, 6.07) is 38.7. The third-order valence-electron chi connectivity index (χ3n) is 9.68. The number of aliphatic hydroxyl groups excluding tert-OH is 1. The fraction of sp³-hybridized carbons (Fsp3) is 0.267. The zero-order valence-corrected chi connectivity index (χ0v) is 32.1. The summed E-state index contributed by atoms with van der Waals surface area (Å²) in [4.78, 5) is 15.9. The molecule has 1 amide bonds. The van der Waals surface area contributed by atoms with Gasteiger partial charge in [-0.2, -0.15) is 4.72 Å². The number of sulfonamides is 1. The third-order valence-corrected chi connectivity index (χ3v) is 11.2. The van der Waals surface area contributed by atoms with Gasteiger partial charge in [0.25, 0.3) is 0 Å². The number of ether oxygens (including phenoxy) is 2. The molecule has 10 heteroatoms. The molecule has 286 valence electrons. The number of hydrogen-bond donors (Lipinski definition) is 3. The van der Waals surface area contributed by atoms with E-state index in [1.807, 2.05) is 117 Å². The van der Waals surface area contributed by atoms with E-state index in [2.05, 4.69) is 27.6 Å². The molecule has 1 heterocycles. The van der Waals surface area contributed by atoms with Gasteiger partial charge in [0, 0.05) is 31.6 Å². The second kappa shape index (κ2) is 18.6. The largest absolute Gasteiger partial charge is 0.392 e. The van der Waals surface area contributed by atoms with Crippen LogP contribution >= 0.6 is 0 Å². The van der Waals surface area contributed by atoms with Gasteiger partial charge in [0.2, 0.25) is 15.9 Å². The Balaban J connectivity index is 1.18. The highest BCUT2D eigenvalue weighted by molar-refractivity contribution is 7.89. The molecule has 0 aromatic heterocycles. The SMILES string of the molecule is C=CCN(C)C[C@@H]1C[C@H](c2ccc(CO)cc2)O[C@H](c2cccc(-c3cccc(CNC(=O)[C@@H](Cc4ccccc4)NS(=O)(=O)c4ccc(C)cc4)c3)c2)O1. The lowest BCUT2D eigenvalue weighted by atomic mass is 9.98. The predicted octanol–water partition coefficient (Wildman–Crippen LogP) is 7.02. The monoisotopic (exact) mass is 759 g/mol. The Morgan fingerprint density at radius 3 is 2.25 bits per heavy atom. The minimum atomic E-state index is -3.96. The number of aryl methyl sites for hydroxylation is 1. The fourth-order valence-electron chi connectivity index (χ4n) is 6.72. The predicted molar refractivity (Wildman–Crippen MR) is 215 cm³/mol. The zero-order valence-electron chi connectivity index (χ0n) is 31.3. The van der Waals surface area contributed by atoms with Gasteiger partial charge in [0.05, 0.1) is 23.7 Å². The van der Waals surface area contributed by atoms with Crippen molar-refractivity contribution in [2.24, 2.45) is 0 Å². The van der Waals surface area contributed by atoms with Crippen molar-refractivity contribution in [1.29, 1.82) is 0 Å². The molecule has 55 heavy (non-hydrogen) atoms. The van der Waals surface area contributed by atoms with Crippen LogP contribution in [0.15, 0.2) is 145 Å². The Morgan fingerprint density at radius 1 is 0.855 bits per heavy atom. The molecule has 0 unspecified atom stereocenters. The first-order valence-electron chi connectivity index (χ1n) is 18.5. The van der Waals surface area contributed by atoms with E-state index in [0.717, 1.165) is 51.1 Å². The van der Waals surface area contributed by atoms with Crippen LogP contribution in [0.3, 0.4) is 0 Å². The maximum absolute atomic E-state index is 13.7. The lowest BCUT2D eigenvalue weighted by Gasteiger charge is -2.37. The highest BCUT2D eigenvalue weighted by Gasteiger charge is 2.33. The van der Waals surface area contributed by atoms with Crippen LogP contribution in [0.5, 0.6) is 0 Å². The van der Waals surface area contributed by atoms with Gasteiger partial charge in [-0.25, -0.2) is 8.42 Å². The Bertz CT molecular complexity index is 2140. The highest BCUT2D eigenvalue weighted by Crippen LogP contribution is 2.39. The van der Waals surface area contributed by atoms with E-state index >= 15 is 0 Å². The Labute approximate surface area is 324 Å². The first kappa shape index (κ1) is 39.7. The summed E-state index contributed by atoms with van der Waals surface area (Å²) in [5, 5.41) is 12.5. The molecular formula is C45H49N3O6S. The summed E-state index contributed by atoms with van der Waals surface area (Å²) in [6.07, 6.45) is 1.86. The highest BCUT2D eigenvalue weighted by atomic mass is 32.2. The van der Waals surface area contributed by atoms with E-state index in [9.17, 15) is 18.3 Å². The van der Waals surface area contributed by atoms with E-state index in [1.54, 1.807) is 24.3 Å².